The van der Waals surface area contributed by atoms with Crippen molar-refractivity contribution >= 4 is 40.2 Å². The van der Waals surface area contributed by atoms with Crippen LogP contribution in [0.4, 0.5) is 5.69 Å². The van der Waals surface area contributed by atoms with Gasteiger partial charge in [0, 0.05) is 9.90 Å². The predicted molar refractivity (Wildman–Crippen MR) is 82.3 cm³/mol. The summed E-state index contributed by atoms with van der Waals surface area (Å²) >= 11 is 14.1. The molecule has 1 unspecified atom stereocenters. The maximum absolute atomic E-state index is 6.23. The standard InChI is InChI=1S/C14H15Cl2NS/c1-8-4-5-18-14(8)10(3)17-13-7-11(15)9(2)6-12(13)16/h4-7,10,17H,1-3H3. The van der Waals surface area contributed by atoms with Crippen molar-refractivity contribution in [3.63, 3.8) is 0 Å². The maximum atomic E-state index is 6.23. The van der Waals surface area contributed by atoms with Gasteiger partial charge in [0.1, 0.15) is 0 Å². The number of benzene rings is 1. The van der Waals surface area contributed by atoms with Gasteiger partial charge in [-0.15, -0.1) is 11.3 Å². The first kappa shape index (κ1) is 13.7. The minimum atomic E-state index is 0.223. The van der Waals surface area contributed by atoms with E-state index < -0.39 is 0 Å². The van der Waals surface area contributed by atoms with Crippen LogP contribution >= 0.6 is 34.5 Å². The van der Waals surface area contributed by atoms with Gasteiger partial charge in [-0.2, -0.15) is 0 Å². The summed E-state index contributed by atoms with van der Waals surface area (Å²) in [5.74, 6) is 0. The zero-order chi connectivity index (χ0) is 13.3. The van der Waals surface area contributed by atoms with Crippen LogP contribution in [0.1, 0.15) is 29.0 Å². The Hall–Kier alpha value is -0.700. The van der Waals surface area contributed by atoms with E-state index in [0.717, 1.165) is 16.3 Å². The highest BCUT2D eigenvalue weighted by atomic mass is 35.5. The van der Waals surface area contributed by atoms with Crippen molar-refractivity contribution in [2.75, 3.05) is 5.32 Å². The molecule has 1 aromatic carbocycles. The van der Waals surface area contributed by atoms with E-state index in [9.17, 15) is 0 Å². The third-order valence-electron chi connectivity index (χ3n) is 2.92. The molecule has 0 bridgehead atoms. The second-order valence-electron chi connectivity index (χ2n) is 4.42. The predicted octanol–water partition coefficient (Wildman–Crippen LogP) is 5.84. The molecule has 18 heavy (non-hydrogen) atoms. The number of rotatable bonds is 3. The third kappa shape index (κ3) is 2.82. The van der Waals surface area contributed by atoms with Gasteiger partial charge in [-0.3, -0.25) is 0 Å². The Kier molecular flexibility index (Phi) is 4.21. The summed E-state index contributed by atoms with van der Waals surface area (Å²) in [4.78, 5) is 1.32. The quantitative estimate of drug-likeness (QED) is 0.750. The second-order valence-corrected chi connectivity index (χ2v) is 6.18. The minimum Gasteiger partial charge on any atom is -0.376 e. The first-order valence-electron chi connectivity index (χ1n) is 5.75. The van der Waals surface area contributed by atoms with Gasteiger partial charge in [-0.25, -0.2) is 0 Å². The van der Waals surface area contributed by atoms with Crippen LogP contribution in [0, 0.1) is 13.8 Å². The van der Waals surface area contributed by atoms with Crippen LogP contribution in [0.25, 0.3) is 0 Å². The van der Waals surface area contributed by atoms with Gasteiger partial charge >= 0.3 is 0 Å². The number of halogens is 2. The molecule has 0 radical (unpaired) electrons. The molecule has 1 heterocycles. The first-order chi connectivity index (χ1) is 8.49. The first-order valence-corrected chi connectivity index (χ1v) is 7.38. The number of nitrogens with one attached hydrogen (secondary N) is 1. The fraction of sp³-hybridized carbons (Fsp3) is 0.286. The molecule has 0 amide bonds. The van der Waals surface area contributed by atoms with E-state index >= 15 is 0 Å². The Morgan fingerprint density at radius 3 is 2.44 bits per heavy atom. The number of aryl methyl sites for hydroxylation is 2. The smallest absolute Gasteiger partial charge is 0.0641 e. The van der Waals surface area contributed by atoms with Gasteiger partial charge in [0.2, 0.25) is 0 Å². The summed E-state index contributed by atoms with van der Waals surface area (Å²) in [5.41, 5.74) is 3.18. The van der Waals surface area contributed by atoms with Crippen molar-refractivity contribution in [1.29, 1.82) is 0 Å². The van der Waals surface area contributed by atoms with Crippen molar-refractivity contribution in [3.8, 4) is 0 Å². The van der Waals surface area contributed by atoms with Gasteiger partial charge in [0.15, 0.2) is 0 Å². The van der Waals surface area contributed by atoms with E-state index in [2.05, 4.69) is 30.6 Å². The molecule has 0 saturated heterocycles. The van der Waals surface area contributed by atoms with Crippen molar-refractivity contribution in [1.82, 2.24) is 0 Å². The molecule has 1 aromatic heterocycles. The summed E-state index contributed by atoms with van der Waals surface area (Å²) in [6.45, 7) is 6.20. The van der Waals surface area contributed by atoms with Crippen LogP contribution in [0.5, 0.6) is 0 Å². The van der Waals surface area contributed by atoms with Crippen LogP contribution in [-0.4, -0.2) is 0 Å². The summed E-state index contributed by atoms with van der Waals surface area (Å²) in [5, 5.41) is 6.96. The summed E-state index contributed by atoms with van der Waals surface area (Å²) in [7, 11) is 0. The highest BCUT2D eigenvalue weighted by Crippen LogP contribution is 2.33. The summed E-state index contributed by atoms with van der Waals surface area (Å²) in [6.07, 6.45) is 0. The van der Waals surface area contributed by atoms with E-state index in [4.69, 9.17) is 23.2 Å². The minimum absolute atomic E-state index is 0.223. The SMILES string of the molecule is Cc1cc(Cl)c(NC(C)c2sccc2C)cc1Cl. The van der Waals surface area contributed by atoms with Gasteiger partial charge < -0.3 is 5.32 Å². The molecule has 1 nitrogen and oxygen atoms in total. The number of hydrogen-bond donors (Lipinski definition) is 1. The zero-order valence-electron chi connectivity index (χ0n) is 10.6. The van der Waals surface area contributed by atoms with E-state index in [1.54, 1.807) is 11.3 Å². The highest BCUT2D eigenvalue weighted by molar-refractivity contribution is 7.10. The van der Waals surface area contributed by atoms with E-state index in [-0.39, 0.29) is 6.04 Å². The van der Waals surface area contributed by atoms with E-state index in [1.165, 1.54) is 10.4 Å². The Labute approximate surface area is 122 Å². The zero-order valence-corrected chi connectivity index (χ0v) is 12.9. The second kappa shape index (κ2) is 5.52. The largest absolute Gasteiger partial charge is 0.376 e. The van der Waals surface area contributed by atoms with Gasteiger partial charge in [-0.1, -0.05) is 23.2 Å². The molecule has 96 valence electrons. The molecule has 2 aromatic rings. The van der Waals surface area contributed by atoms with Gasteiger partial charge in [0.05, 0.1) is 16.8 Å². The van der Waals surface area contributed by atoms with E-state index in [1.807, 2.05) is 19.1 Å². The Balaban J connectivity index is 2.24. The third-order valence-corrected chi connectivity index (χ3v) is 4.84. The Morgan fingerprint density at radius 2 is 1.83 bits per heavy atom. The maximum Gasteiger partial charge on any atom is 0.0641 e. The molecule has 0 fully saturated rings. The molecular formula is C14H15Cl2NS. The molecule has 0 spiro atoms. The van der Waals surface area contributed by atoms with Crippen LogP contribution in [0.3, 0.4) is 0 Å². The highest BCUT2D eigenvalue weighted by Gasteiger charge is 2.12. The van der Waals surface area contributed by atoms with Crippen LogP contribution in [-0.2, 0) is 0 Å². The molecule has 0 aliphatic rings. The lowest BCUT2D eigenvalue weighted by molar-refractivity contribution is 0.899. The van der Waals surface area contributed by atoms with Crippen molar-refractivity contribution in [2.24, 2.45) is 0 Å². The van der Waals surface area contributed by atoms with Crippen LogP contribution in [0.15, 0.2) is 23.6 Å². The molecule has 2 rings (SSSR count). The van der Waals surface area contributed by atoms with Gasteiger partial charge in [-0.05, 0) is 55.5 Å². The number of hydrogen-bond acceptors (Lipinski definition) is 2. The number of thiophene rings is 1. The number of anilines is 1. The lowest BCUT2D eigenvalue weighted by atomic mass is 10.1. The average molecular weight is 300 g/mol. The molecule has 1 N–H and O–H groups in total. The van der Waals surface area contributed by atoms with E-state index in [0.29, 0.717) is 5.02 Å². The fourth-order valence-electron chi connectivity index (χ4n) is 1.88. The molecule has 1 atom stereocenters. The monoisotopic (exact) mass is 299 g/mol. The average Bonchev–Trinajstić information content (AvgIpc) is 2.72. The Bertz CT molecular complexity index is 563. The van der Waals surface area contributed by atoms with Crippen molar-refractivity contribution in [3.05, 3.63) is 49.6 Å². The summed E-state index contributed by atoms with van der Waals surface area (Å²) in [6, 6.07) is 6.13. The van der Waals surface area contributed by atoms with Crippen LogP contribution in [0.2, 0.25) is 10.0 Å². The van der Waals surface area contributed by atoms with Crippen LogP contribution < -0.4 is 5.32 Å². The lowest BCUT2D eigenvalue weighted by Crippen LogP contribution is -2.06. The molecule has 0 aliphatic heterocycles. The summed E-state index contributed by atoms with van der Waals surface area (Å²) < 4.78 is 0. The van der Waals surface area contributed by atoms with Crippen molar-refractivity contribution in [2.45, 2.75) is 26.8 Å². The lowest BCUT2D eigenvalue weighted by Gasteiger charge is -2.17. The van der Waals surface area contributed by atoms with Crippen molar-refractivity contribution < 1.29 is 0 Å². The Morgan fingerprint density at radius 1 is 1.11 bits per heavy atom. The molecule has 4 heteroatoms. The normalized spacial score (nSPS) is 12.5. The molecule has 0 aliphatic carbocycles. The topological polar surface area (TPSA) is 12.0 Å². The fourth-order valence-corrected chi connectivity index (χ4v) is 3.26. The molecular weight excluding hydrogens is 285 g/mol. The van der Waals surface area contributed by atoms with Gasteiger partial charge in [0.25, 0.3) is 0 Å². The molecule has 0 saturated carbocycles.